The normalized spacial score (nSPS) is 20.5. The summed E-state index contributed by atoms with van der Waals surface area (Å²) >= 11 is 0. The first kappa shape index (κ1) is 26.1. The number of methoxy groups -OCH3 is 3. The molecule has 2 heterocycles. The molecule has 0 radical (unpaired) electrons. The number of nitrogens with one attached hydrogen (secondary N) is 1. The van der Waals surface area contributed by atoms with Crippen LogP contribution in [0.15, 0.2) is 41.5 Å². The zero-order valence-electron chi connectivity index (χ0n) is 19.6. The topological polar surface area (TPSA) is 74.6 Å². The Labute approximate surface area is 211 Å². The maximum Gasteiger partial charge on any atom is 0.261 e. The molecule has 2 aliphatic rings. The van der Waals surface area contributed by atoms with Crippen LogP contribution in [-0.2, 0) is 13.0 Å². The Balaban J connectivity index is 0.00000162. The fourth-order valence-corrected chi connectivity index (χ4v) is 5.53. The Bertz CT molecular complexity index is 1220. The summed E-state index contributed by atoms with van der Waals surface area (Å²) in [5.41, 5.74) is 3.29. The summed E-state index contributed by atoms with van der Waals surface area (Å²) in [6, 6.07) is 10.2. The lowest BCUT2D eigenvalue weighted by Crippen LogP contribution is -2.31. The Kier molecular flexibility index (Phi) is 8.34. The maximum absolute atomic E-state index is 13.2. The molecular weight excluding hydrogens is 477 g/mol. The molecule has 34 heavy (non-hydrogen) atoms. The highest BCUT2D eigenvalue weighted by Gasteiger charge is 2.40. The summed E-state index contributed by atoms with van der Waals surface area (Å²) in [4.78, 5) is 17.7. The summed E-state index contributed by atoms with van der Waals surface area (Å²) in [6.07, 6.45) is 4.73. The fraction of sp³-hybridized carbons (Fsp3) is 0.440. The number of benzene rings is 2. The third-order valence-electron chi connectivity index (χ3n) is 7.11. The van der Waals surface area contributed by atoms with Gasteiger partial charge in [-0.2, -0.15) is 0 Å². The van der Waals surface area contributed by atoms with Crippen LogP contribution in [0.25, 0.3) is 10.9 Å². The van der Waals surface area contributed by atoms with Crippen LogP contribution < -0.4 is 25.1 Å². The number of nitrogens with zero attached hydrogens (tertiary/aromatic N) is 2. The van der Waals surface area contributed by atoms with Crippen LogP contribution in [0.4, 0.5) is 0 Å². The molecule has 1 saturated heterocycles. The second kappa shape index (κ2) is 10.8. The molecule has 0 amide bonds. The van der Waals surface area contributed by atoms with Gasteiger partial charge in [0, 0.05) is 24.6 Å². The third kappa shape index (κ3) is 4.44. The van der Waals surface area contributed by atoms with Gasteiger partial charge in [0.05, 0.1) is 38.6 Å². The quantitative estimate of drug-likeness (QED) is 0.543. The highest BCUT2D eigenvalue weighted by molar-refractivity contribution is 5.85. The molecule has 1 aromatic heterocycles. The van der Waals surface area contributed by atoms with E-state index in [1.54, 1.807) is 44.4 Å². The predicted molar refractivity (Wildman–Crippen MR) is 138 cm³/mol. The van der Waals surface area contributed by atoms with E-state index in [0.29, 0.717) is 46.8 Å². The number of hydrogen-bond acceptors (Lipinski definition) is 6. The van der Waals surface area contributed by atoms with E-state index in [4.69, 9.17) is 14.2 Å². The van der Waals surface area contributed by atoms with E-state index in [2.05, 4.69) is 28.5 Å². The molecule has 5 rings (SSSR count). The van der Waals surface area contributed by atoms with Gasteiger partial charge in [-0.3, -0.25) is 9.36 Å². The Morgan fingerprint density at radius 1 is 1.06 bits per heavy atom. The standard InChI is InChI=1S/C25H29N3O4.2ClH/c1-30-21-6-4-5-17-16(21)8-7-15-13-26-19(24(15)17)9-10-28-14-27-20-12-23(32-3)22(31-2)11-18(20)25(28)29;;/h4-6,11-12,14-15,19,24,26H,7-10,13H2,1-3H3;2*1H. The molecule has 1 fully saturated rings. The van der Waals surface area contributed by atoms with Crippen molar-refractivity contribution in [2.24, 2.45) is 5.92 Å². The second-order valence-electron chi connectivity index (χ2n) is 8.62. The van der Waals surface area contributed by atoms with Crippen LogP contribution >= 0.6 is 24.8 Å². The lowest BCUT2D eigenvalue weighted by Gasteiger charge is -2.32. The number of aryl methyl sites for hydroxylation is 1. The van der Waals surface area contributed by atoms with Crippen molar-refractivity contribution in [1.29, 1.82) is 0 Å². The highest BCUT2D eigenvalue weighted by atomic mass is 35.5. The van der Waals surface area contributed by atoms with Gasteiger partial charge in [0.1, 0.15) is 5.75 Å². The average Bonchev–Trinajstić information content (AvgIpc) is 3.26. The van der Waals surface area contributed by atoms with Gasteiger partial charge in [-0.25, -0.2) is 4.98 Å². The second-order valence-corrected chi connectivity index (χ2v) is 8.62. The minimum Gasteiger partial charge on any atom is -0.496 e. The number of rotatable bonds is 6. The van der Waals surface area contributed by atoms with E-state index in [-0.39, 0.29) is 30.4 Å². The number of aromatic nitrogens is 2. The van der Waals surface area contributed by atoms with Gasteiger partial charge in [0.2, 0.25) is 0 Å². The van der Waals surface area contributed by atoms with Crippen LogP contribution in [-0.4, -0.2) is 43.5 Å². The first-order valence-electron chi connectivity index (χ1n) is 11.1. The number of halogens is 2. The minimum atomic E-state index is -0.0591. The van der Waals surface area contributed by atoms with Gasteiger partial charge >= 0.3 is 0 Å². The smallest absolute Gasteiger partial charge is 0.261 e. The summed E-state index contributed by atoms with van der Waals surface area (Å²) in [5.74, 6) is 3.16. The van der Waals surface area contributed by atoms with E-state index in [1.807, 2.05) is 0 Å². The summed E-state index contributed by atoms with van der Waals surface area (Å²) in [5, 5.41) is 4.26. The van der Waals surface area contributed by atoms with Crippen molar-refractivity contribution >= 4 is 35.7 Å². The van der Waals surface area contributed by atoms with E-state index in [1.165, 1.54) is 17.5 Å². The summed E-state index contributed by atoms with van der Waals surface area (Å²) < 4.78 is 18.0. The molecule has 1 aliphatic heterocycles. The van der Waals surface area contributed by atoms with Gasteiger partial charge in [-0.15, -0.1) is 24.8 Å². The molecule has 9 heteroatoms. The molecular formula is C25H31Cl2N3O4. The molecule has 2 aromatic carbocycles. The van der Waals surface area contributed by atoms with Crippen LogP contribution in [0.2, 0.25) is 0 Å². The molecule has 0 bridgehead atoms. The van der Waals surface area contributed by atoms with Crippen LogP contribution in [0.3, 0.4) is 0 Å². The van der Waals surface area contributed by atoms with Crippen LogP contribution in [0.1, 0.15) is 29.9 Å². The van der Waals surface area contributed by atoms with Crippen molar-refractivity contribution in [2.75, 3.05) is 27.9 Å². The van der Waals surface area contributed by atoms with E-state index >= 15 is 0 Å². The number of fused-ring (bicyclic) bond motifs is 4. The van der Waals surface area contributed by atoms with E-state index < -0.39 is 0 Å². The third-order valence-corrected chi connectivity index (χ3v) is 7.11. The van der Waals surface area contributed by atoms with E-state index in [0.717, 1.165) is 25.1 Å². The first-order chi connectivity index (χ1) is 15.6. The lowest BCUT2D eigenvalue weighted by atomic mass is 9.73. The SMILES string of the molecule is COc1cc2ncn(CCC3NCC4CCc5c(OC)cccc5C43)c(=O)c2cc1OC.Cl.Cl. The number of ether oxygens (including phenoxy) is 3. The zero-order valence-corrected chi connectivity index (χ0v) is 21.2. The Morgan fingerprint density at radius 3 is 2.53 bits per heavy atom. The van der Waals surface area contributed by atoms with Gasteiger partial charge in [0.15, 0.2) is 11.5 Å². The van der Waals surface area contributed by atoms with Gasteiger partial charge in [0.25, 0.3) is 5.56 Å². The van der Waals surface area contributed by atoms with Crippen LogP contribution in [0, 0.1) is 5.92 Å². The molecule has 0 spiro atoms. The molecule has 3 atom stereocenters. The maximum atomic E-state index is 13.2. The van der Waals surface area contributed by atoms with E-state index in [9.17, 15) is 4.79 Å². The zero-order chi connectivity index (χ0) is 22.2. The van der Waals surface area contributed by atoms with Crippen molar-refractivity contribution in [3.05, 3.63) is 58.1 Å². The molecule has 1 N–H and O–H groups in total. The van der Waals surface area contributed by atoms with Crippen molar-refractivity contribution < 1.29 is 14.2 Å². The monoisotopic (exact) mass is 507 g/mol. The van der Waals surface area contributed by atoms with Crippen molar-refractivity contribution in [3.8, 4) is 17.2 Å². The molecule has 1 aliphatic carbocycles. The largest absolute Gasteiger partial charge is 0.496 e. The highest BCUT2D eigenvalue weighted by Crippen LogP contribution is 2.45. The van der Waals surface area contributed by atoms with Crippen LogP contribution in [0.5, 0.6) is 17.2 Å². The molecule has 3 unspecified atom stereocenters. The average molecular weight is 508 g/mol. The summed E-state index contributed by atoms with van der Waals surface area (Å²) in [7, 11) is 4.89. The summed E-state index contributed by atoms with van der Waals surface area (Å²) in [6.45, 7) is 1.63. The molecule has 7 nitrogen and oxygen atoms in total. The van der Waals surface area contributed by atoms with Gasteiger partial charge < -0.3 is 19.5 Å². The lowest BCUT2D eigenvalue weighted by molar-refractivity contribution is 0.355. The molecule has 0 saturated carbocycles. The molecule has 3 aromatic rings. The predicted octanol–water partition coefficient (Wildman–Crippen LogP) is 3.97. The minimum absolute atomic E-state index is 0. The first-order valence-corrected chi connectivity index (χ1v) is 11.1. The van der Waals surface area contributed by atoms with Crippen molar-refractivity contribution in [3.63, 3.8) is 0 Å². The fourth-order valence-electron chi connectivity index (χ4n) is 5.53. The Hall–Kier alpha value is -2.48. The number of hydrogen-bond donors (Lipinski definition) is 1. The molecule has 184 valence electrons. The Morgan fingerprint density at radius 2 is 1.79 bits per heavy atom. The van der Waals surface area contributed by atoms with Gasteiger partial charge in [-0.05, 0) is 55.0 Å². The van der Waals surface area contributed by atoms with Crippen molar-refractivity contribution in [2.45, 2.75) is 37.8 Å². The van der Waals surface area contributed by atoms with Crippen molar-refractivity contribution in [1.82, 2.24) is 14.9 Å². The van der Waals surface area contributed by atoms with Gasteiger partial charge in [-0.1, -0.05) is 12.1 Å².